The van der Waals surface area contributed by atoms with Crippen LogP contribution >= 0.6 is 0 Å². The van der Waals surface area contributed by atoms with Crippen LogP contribution in [0.1, 0.15) is 45.5 Å². The highest BCUT2D eigenvalue weighted by Gasteiger charge is 2.59. The van der Waals surface area contributed by atoms with Crippen LogP contribution in [0.4, 0.5) is 0 Å². The number of hydrogen-bond acceptors (Lipinski definition) is 8. The van der Waals surface area contributed by atoms with Crippen molar-refractivity contribution < 1.29 is 33.9 Å². The first-order valence-corrected chi connectivity index (χ1v) is 10.8. The van der Waals surface area contributed by atoms with Crippen molar-refractivity contribution in [3.05, 3.63) is 34.9 Å². The van der Waals surface area contributed by atoms with Gasteiger partial charge in [-0.15, -0.1) is 0 Å². The van der Waals surface area contributed by atoms with E-state index in [-0.39, 0.29) is 42.7 Å². The Bertz CT molecular complexity index is 1130. The lowest BCUT2D eigenvalue weighted by Gasteiger charge is -2.28. The average Bonchev–Trinajstić information content (AvgIpc) is 3.32. The summed E-state index contributed by atoms with van der Waals surface area (Å²) >= 11 is 0. The van der Waals surface area contributed by atoms with Crippen LogP contribution < -0.4 is 16.4 Å². The molecule has 5 amide bonds. The molecule has 2 aliphatic carbocycles. The molecule has 3 fully saturated rings. The number of fused-ring (bicyclic) bond motifs is 3. The maximum Gasteiger partial charge on any atom is 0.262 e. The number of nitrogens with one attached hydrogen (secondary N) is 2. The monoisotopic (exact) mass is 454 g/mol. The molecule has 2 bridgehead atoms. The molecule has 33 heavy (non-hydrogen) atoms. The molecule has 4 aliphatic rings. The molecule has 0 radical (unpaired) electrons. The molecular formula is C22H22N4O7. The first-order valence-electron chi connectivity index (χ1n) is 10.8. The van der Waals surface area contributed by atoms with Crippen molar-refractivity contribution in [3.63, 3.8) is 0 Å². The van der Waals surface area contributed by atoms with Gasteiger partial charge in [-0.1, -0.05) is 12.1 Å². The molecule has 5 N–H and O–H groups in total. The van der Waals surface area contributed by atoms with Crippen molar-refractivity contribution in [2.75, 3.05) is 0 Å². The van der Waals surface area contributed by atoms with Gasteiger partial charge in [-0.05, 0) is 24.5 Å². The number of carbonyl (C=O) groups excluding carboxylic acids is 6. The second-order valence-corrected chi connectivity index (χ2v) is 8.95. The molecular weight excluding hydrogens is 432 g/mol. The third-order valence-electron chi connectivity index (χ3n) is 7.21. The Balaban J connectivity index is 1.33. The van der Waals surface area contributed by atoms with E-state index in [1.165, 1.54) is 6.07 Å². The van der Waals surface area contributed by atoms with Crippen LogP contribution in [0.15, 0.2) is 18.2 Å². The van der Waals surface area contributed by atoms with Gasteiger partial charge in [0, 0.05) is 24.9 Å². The molecule has 2 saturated carbocycles. The summed E-state index contributed by atoms with van der Waals surface area (Å²) in [5, 5.41) is 15.0. The molecule has 0 spiro atoms. The number of nitrogens with two attached hydrogens (primary N) is 1. The summed E-state index contributed by atoms with van der Waals surface area (Å²) in [4.78, 5) is 75.6. The van der Waals surface area contributed by atoms with E-state index in [0.29, 0.717) is 5.56 Å². The summed E-state index contributed by atoms with van der Waals surface area (Å²) < 4.78 is 0. The predicted molar refractivity (Wildman–Crippen MR) is 109 cm³/mol. The minimum Gasteiger partial charge on any atom is -0.391 e. The van der Waals surface area contributed by atoms with Gasteiger partial charge in [-0.25, -0.2) is 0 Å². The Morgan fingerprint density at radius 1 is 1.18 bits per heavy atom. The Morgan fingerprint density at radius 3 is 2.61 bits per heavy atom. The fourth-order valence-electron chi connectivity index (χ4n) is 5.53. The fraction of sp³-hybridized carbons (Fsp3) is 0.455. The minimum atomic E-state index is -1.08. The first kappa shape index (κ1) is 21.4. The smallest absolute Gasteiger partial charge is 0.262 e. The van der Waals surface area contributed by atoms with Gasteiger partial charge in [-0.2, -0.15) is 0 Å². The van der Waals surface area contributed by atoms with Crippen molar-refractivity contribution in [1.82, 2.24) is 15.5 Å². The molecule has 0 aromatic heterocycles. The van der Waals surface area contributed by atoms with Crippen molar-refractivity contribution in [2.24, 2.45) is 23.5 Å². The zero-order valence-electron chi connectivity index (χ0n) is 17.4. The van der Waals surface area contributed by atoms with E-state index in [2.05, 4.69) is 10.6 Å². The Hall–Kier alpha value is -3.44. The summed E-state index contributed by atoms with van der Waals surface area (Å²) in [6.07, 6.45) is -0.731. The maximum absolute atomic E-state index is 13.1. The molecule has 172 valence electrons. The molecule has 2 unspecified atom stereocenters. The number of amides is 5. The van der Waals surface area contributed by atoms with Crippen LogP contribution in [0, 0.1) is 17.8 Å². The number of imide groups is 2. The van der Waals surface area contributed by atoms with Crippen LogP contribution in [-0.4, -0.2) is 63.5 Å². The van der Waals surface area contributed by atoms with Gasteiger partial charge in [-0.3, -0.25) is 39.0 Å². The number of ketones is 1. The van der Waals surface area contributed by atoms with Crippen LogP contribution in [0.25, 0.3) is 0 Å². The van der Waals surface area contributed by atoms with Crippen molar-refractivity contribution in [1.29, 1.82) is 0 Å². The summed E-state index contributed by atoms with van der Waals surface area (Å²) in [6, 6.07) is 2.89. The number of carbonyl (C=O) groups is 6. The number of Topliss-reactive ketones (excluding diaryl/α,β-unsaturated/α-hetero) is 1. The van der Waals surface area contributed by atoms with Gasteiger partial charge in [0.15, 0.2) is 0 Å². The second-order valence-electron chi connectivity index (χ2n) is 8.95. The SMILES string of the molecule is N[C@@H]1[C@@H]2C[C@H](C(=O)NCc3cccc4c3C(=O)N(C3CCC(=O)NC3=O)C4=O)C(C2=O)[C@@H]1O. The molecule has 1 saturated heterocycles. The van der Waals surface area contributed by atoms with E-state index in [4.69, 9.17) is 5.73 Å². The molecule has 6 atom stereocenters. The van der Waals surface area contributed by atoms with Crippen LogP contribution in [0.5, 0.6) is 0 Å². The van der Waals surface area contributed by atoms with Gasteiger partial charge in [0.25, 0.3) is 11.8 Å². The van der Waals surface area contributed by atoms with E-state index in [0.717, 1.165) is 4.90 Å². The van der Waals surface area contributed by atoms with E-state index >= 15 is 0 Å². The van der Waals surface area contributed by atoms with E-state index in [1.807, 2.05) is 0 Å². The topological polar surface area (TPSA) is 176 Å². The second kappa shape index (κ2) is 7.56. The third-order valence-corrected chi connectivity index (χ3v) is 7.21. The van der Waals surface area contributed by atoms with Crippen molar-refractivity contribution >= 4 is 35.3 Å². The van der Waals surface area contributed by atoms with Crippen molar-refractivity contribution in [2.45, 2.75) is 44.0 Å². The highest BCUT2D eigenvalue weighted by Crippen LogP contribution is 2.45. The molecule has 11 heteroatoms. The van der Waals surface area contributed by atoms with E-state index in [1.54, 1.807) is 12.1 Å². The number of nitrogens with zero attached hydrogens (tertiary/aromatic N) is 1. The van der Waals surface area contributed by atoms with Gasteiger partial charge in [0.1, 0.15) is 11.8 Å². The number of aliphatic hydroxyl groups excluding tert-OH is 1. The zero-order chi connectivity index (χ0) is 23.6. The summed E-state index contributed by atoms with van der Waals surface area (Å²) in [7, 11) is 0. The van der Waals surface area contributed by atoms with Gasteiger partial charge < -0.3 is 16.2 Å². The quantitative estimate of drug-likeness (QED) is 0.386. The fourth-order valence-corrected chi connectivity index (χ4v) is 5.53. The lowest BCUT2D eigenvalue weighted by Crippen LogP contribution is -2.54. The number of benzene rings is 1. The van der Waals surface area contributed by atoms with E-state index in [9.17, 15) is 33.9 Å². The third kappa shape index (κ3) is 3.10. The van der Waals surface area contributed by atoms with Crippen molar-refractivity contribution in [3.8, 4) is 0 Å². The standard InChI is InChI=1S/C22H22N4O7/c23-16-11-6-10(15(17(11)28)18(16)29)19(30)24-7-8-2-1-3-9-14(8)22(33)26(21(9)32)12-4-5-13(27)25-20(12)31/h1-3,10-12,15-16,18,29H,4-7,23H2,(H,24,30)(H,25,27,31)/t10-,11-,12?,15?,16+,18-/m0/s1. The average molecular weight is 454 g/mol. The summed E-state index contributed by atoms with van der Waals surface area (Å²) in [6.45, 7) is -0.0750. The molecule has 2 aliphatic heterocycles. The Labute approximate surface area is 187 Å². The zero-order valence-corrected chi connectivity index (χ0v) is 17.4. The number of hydrogen-bond donors (Lipinski definition) is 4. The van der Waals surface area contributed by atoms with Gasteiger partial charge >= 0.3 is 0 Å². The normalized spacial score (nSPS) is 32.9. The number of rotatable bonds is 4. The lowest BCUT2D eigenvalue weighted by molar-refractivity contribution is -0.136. The summed E-state index contributed by atoms with van der Waals surface area (Å²) in [5.74, 6) is -5.16. The molecule has 5 rings (SSSR count). The van der Waals surface area contributed by atoms with E-state index < -0.39 is 65.5 Å². The lowest BCUT2D eigenvalue weighted by atomic mass is 9.83. The maximum atomic E-state index is 13.1. The molecule has 11 nitrogen and oxygen atoms in total. The Kier molecular flexibility index (Phi) is 4.91. The largest absolute Gasteiger partial charge is 0.391 e. The number of aliphatic hydroxyl groups is 1. The van der Waals surface area contributed by atoms with Crippen LogP contribution in [0.2, 0.25) is 0 Å². The number of piperidine rings is 1. The first-order chi connectivity index (χ1) is 15.7. The molecule has 1 aromatic rings. The van der Waals surface area contributed by atoms with Gasteiger partial charge in [0.2, 0.25) is 17.7 Å². The minimum absolute atomic E-state index is 0.0184. The predicted octanol–water partition coefficient (Wildman–Crippen LogP) is -1.77. The molecule has 1 aromatic carbocycles. The van der Waals surface area contributed by atoms with Gasteiger partial charge in [0.05, 0.1) is 29.1 Å². The molecule has 2 heterocycles. The Morgan fingerprint density at radius 2 is 1.94 bits per heavy atom. The highest BCUT2D eigenvalue weighted by molar-refractivity contribution is 6.24. The van der Waals surface area contributed by atoms with Crippen LogP contribution in [0.3, 0.4) is 0 Å². The summed E-state index contributed by atoms with van der Waals surface area (Å²) in [5.41, 5.74) is 6.44. The van der Waals surface area contributed by atoms with Crippen LogP contribution in [-0.2, 0) is 25.7 Å². The highest BCUT2D eigenvalue weighted by atomic mass is 16.3.